The molecule has 0 radical (unpaired) electrons. The molecule has 0 atom stereocenters. The number of fused-ring (bicyclic) bond motifs is 3. The zero-order valence-electron chi connectivity index (χ0n) is 11.0. The molecule has 0 amide bonds. The van der Waals surface area contributed by atoms with Crippen molar-refractivity contribution in [3.63, 3.8) is 0 Å². The smallest absolute Gasteiger partial charge is 0.127 e. The van der Waals surface area contributed by atoms with Crippen LogP contribution in [0.25, 0.3) is 33.0 Å². The lowest BCUT2D eigenvalue weighted by Gasteiger charge is -2.10. The van der Waals surface area contributed by atoms with Crippen LogP contribution in [0.1, 0.15) is 5.56 Å². The largest absolute Gasteiger partial charge is 0.496 e. The zero-order chi connectivity index (χ0) is 13.0. The van der Waals surface area contributed by atoms with Crippen LogP contribution in [-0.4, -0.2) is 7.11 Å². The summed E-state index contributed by atoms with van der Waals surface area (Å²) in [5.41, 5.74) is 6.64. The summed E-state index contributed by atoms with van der Waals surface area (Å²) < 4.78 is 5.54. The minimum Gasteiger partial charge on any atom is -0.496 e. The van der Waals surface area contributed by atoms with Crippen molar-refractivity contribution in [1.29, 1.82) is 0 Å². The molecule has 3 aromatic rings. The van der Waals surface area contributed by atoms with E-state index in [0.717, 1.165) is 5.75 Å². The van der Waals surface area contributed by atoms with E-state index in [-0.39, 0.29) is 0 Å². The quantitative estimate of drug-likeness (QED) is 0.468. The number of rotatable bonds is 1. The molecule has 19 heavy (non-hydrogen) atoms. The van der Waals surface area contributed by atoms with Crippen molar-refractivity contribution in [1.82, 2.24) is 0 Å². The molecule has 0 spiro atoms. The van der Waals surface area contributed by atoms with E-state index in [2.05, 4.69) is 55.5 Å². The van der Waals surface area contributed by atoms with Gasteiger partial charge in [-0.1, -0.05) is 42.5 Å². The van der Waals surface area contributed by atoms with Gasteiger partial charge in [0.15, 0.2) is 0 Å². The van der Waals surface area contributed by atoms with Crippen molar-refractivity contribution in [3.8, 4) is 28.0 Å². The standard InChI is InChI=1S/C18H14O/c1-11-10-16(19-2)15-9-5-8-14-12-6-3-4-7-13(12)17(11)18(14)15/h3-10H,1-2H3. The van der Waals surface area contributed by atoms with Crippen LogP contribution in [0.2, 0.25) is 0 Å². The molecule has 1 aliphatic carbocycles. The summed E-state index contributed by atoms with van der Waals surface area (Å²) in [6.45, 7) is 2.16. The average Bonchev–Trinajstić information content (AvgIpc) is 2.79. The van der Waals surface area contributed by atoms with Crippen molar-refractivity contribution in [2.24, 2.45) is 0 Å². The fourth-order valence-electron chi connectivity index (χ4n) is 3.25. The lowest BCUT2D eigenvalue weighted by molar-refractivity contribution is 0.419. The SMILES string of the molecule is COc1cc(C)c2c3c(cccc13)-c1ccccc1-2. The molecule has 0 heterocycles. The number of aryl methyl sites for hydroxylation is 1. The number of hydrogen-bond acceptors (Lipinski definition) is 1. The van der Waals surface area contributed by atoms with Gasteiger partial charge in [-0.15, -0.1) is 0 Å². The van der Waals surface area contributed by atoms with E-state index in [1.165, 1.54) is 38.6 Å². The molecule has 0 aromatic heterocycles. The normalized spacial score (nSPS) is 11.7. The summed E-state index contributed by atoms with van der Waals surface area (Å²) >= 11 is 0. The van der Waals surface area contributed by atoms with Gasteiger partial charge >= 0.3 is 0 Å². The highest BCUT2D eigenvalue weighted by Gasteiger charge is 2.23. The third-order valence-electron chi connectivity index (χ3n) is 4.03. The maximum absolute atomic E-state index is 5.54. The van der Waals surface area contributed by atoms with Crippen molar-refractivity contribution in [2.75, 3.05) is 7.11 Å². The fraction of sp³-hybridized carbons (Fsp3) is 0.111. The minimum atomic E-state index is 0.964. The Kier molecular flexibility index (Phi) is 2.02. The molecule has 0 unspecified atom stereocenters. The van der Waals surface area contributed by atoms with Gasteiger partial charge in [-0.05, 0) is 40.8 Å². The van der Waals surface area contributed by atoms with Gasteiger partial charge in [0.2, 0.25) is 0 Å². The summed E-state index contributed by atoms with van der Waals surface area (Å²) in [6, 6.07) is 17.2. The highest BCUT2D eigenvalue weighted by atomic mass is 16.5. The molecular formula is C18H14O. The van der Waals surface area contributed by atoms with E-state index in [9.17, 15) is 0 Å². The van der Waals surface area contributed by atoms with Gasteiger partial charge in [0, 0.05) is 10.8 Å². The topological polar surface area (TPSA) is 9.23 Å². The van der Waals surface area contributed by atoms with E-state index in [4.69, 9.17) is 4.74 Å². The van der Waals surface area contributed by atoms with Gasteiger partial charge in [0.25, 0.3) is 0 Å². The zero-order valence-corrected chi connectivity index (χ0v) is 11.0. The second-order valence-corrected chi connectivity index (χ2v) is 5.04. The second-order valence-electron chi connectivity index (χ2n) is 5.04. The van der Waals surface area contributed by atoms with Gasteiger partial charge in [0.1, 0.15) is 5.75 Å². The highest BCUT2D eigenvalue weighted by molar-refractivity contribution is 6.17. The third-order valence-corrected chi connectivity index (χ3v) is 4.03. The molecular weight excluding hydrogens is 232 g/mol. The van der Waals surface area contributed by atoms with E-state index >= 15 is 0 Å². The predicted molar refractivity (Wildman–Crippen MR) is 79.7 cm³/mol. The van der Waals surface area contributed by atoms with Gasteiger partial charge in [0.05, 0.1) is 7.11 Å². The van der Waals surface area contributed by atoms with Crippen molar-refractivity contribution in [3.05, 3.63) is 54.1 Å². The van der Waals surface area contributed by atoms with Crippen molar-refractivity contribution < 1.29 is 4.74 Å². The van der Waals surface area contributed by atoms with E-state index in [1.807, 2.05) is 0 Å². The Hall–Kier alpha value is -2.28. The Bertz CT molecular complexity index is 815. The predicted octanol–water partition coefficient (Wildman–Crippen LogP) is 4.80. The Balaban J connectivity index is 2.27. The molecule has 3 aromatic carbocycles. The summed E-state index contributed by atoms with van der Waals surface area (Å²) in [7, 11) is 1.74. The maximum atomic E-state index is 5.54. The van der Waals surface area contributed by atoms with Crippen LogP contribution in [0, 0.1) is 6.92 Å². The summed E-state index contributed by atoms with van der Waals surface area (Å²) in [5, 5.41) is 2.54. The first-order chi connectivity index (χ1) is 9.31. The second kappa shape index (κ2) is 3.61. The first kappa shape index (κ1) is 10.6. The Morgan fingerprint density at radius 3 is 2.37 bits per heavy atom. The average molecular weight is 246 g/mol. The van der Waals surface area contributed by atoms with E-state index in [0.29, 0.717) is 0 Å². The number of methoxy groups -OCH3 is 1. The van der Waals surface area contributed by atoms with E-state index in [1.54, 1.807) is 7.11 Å². The molecule has 1 nitrogen and oxygen atoms in total. The Morgan fingerprint density at radius 2 is 1.58 bits per heavy atom. The molecule has 0 aliphatic heterocycles. The van der Waals surface area contributed by atoms with Crippen molar-refractivity contribution >= 4 is 10.8 Å². The summed E-state index contributed by atoms with van der Waals surface area (Å²) in [5.74, 6) is 0.964. The molecule has 0 N–H and O–H groups in total. The monoisotopic (exact) mass is 246 g/mol. The highest BCUT2D eigenvalue weighted by Crippen LogP contribution is 2.50. The van der Waals surface area contributed by atoms with Gasteiger partial charge in [-0.3, -0.25) is 0 Å². The van der Waals surface area contributed by atoms with Gasteiger partial charge in [-0.2, -0.15) is 0 Å². The van der Waals surface area contributed by atoms with Crippen LogP contribution in [0.4, 0.5) is 0 Å². The Morgan fingerprint density at radius 1 is 0.842 bits per heavy atom. The van der Waals surface area contributed by atoms with Gasteiger partial charge < -0.3 is 4.74 Å². The first-order valence-corrected chi connectivity index (χ1v) is 6.51. The van der Waals surface area contributed by atoms with Gasteiger partial charge in [-0.25, -0.2) is 0 Å². The summed E-state index contributed by atoms with van der Waals surface area (Å²) in [6.07, 6.45) is 0. The molecule has 0 saturated carbocycles. The lowest BCUT2D eigenvalue weighted by atomic mass is 9.98. The number of benzene rings is 3. The first-order valence-electron chi connectivity index (χ1n) is 6.51. The molecule has 1 aliphatic rings. The lowest BCUT2D eigenvalue weighted by Crippen LogP contribution is -1.88. The number of ether oxygens (including phenoxy) is 1. The van der Waals surface area contributed by atoms with E-state index < -0.39 is 0 Å². The maximum Gasteiger partial charge on any atom is 0.127 e. The minimum absolute atomic E-state index is 0.964. The van der Waals surface area contributed by atoms with Crippen LogP contribution in [-0.2, 0) is 0 Å². The summed E-state index contributed by atoms with van der Waals surface area (Å²) in [4.78, 5) is 0. The molecule has 0 fully saturated rings. The molecule has 0 saturated heterocycles. The number of hydrogen-bond donors (Lipinski definition) is 0. The van der Waals surface area contributed by atoms with Crippen LogP contribution in [0.15, 0.2) is 48.5 Å². The van der Waals surface area contributed by atoms with Crippen molar-refractivity contribution in [2.45, 2.75) is 6.92 Å². The van der Waals surface area contributed by atoms with Crippen LogP contribution >= 0.6 is 0 Å². The Labute approximate surface area is 112 Å². The fourth-order valence-corrected chi connectivity index (χ4v) is 3.25. The third kappa shape index (κ3) is 1.25. The van der Waals surface area contributed by atoms with Crippen LogP contribution in [0.3, 0.4) is 0 Å². The van der Waals surface area contributed by atoms with Crippen LogP contribution in [0.5, 0.6) is 5.75 Å². The van der Waals surface area contributed by atoms with Crippen LogP contribution < -0.4 is 4.74 Å². The molecule has 92 valence electrons. The molecule has 0 bridgehead atoms. The molecule has 4 rings (SSSR count). The molecule has 1 heteroatoms.